The minimum Gasteiger partial charge on any atom is -0.478 e. The Balaban J connectivity index is 1.42. The Morgan fingerprint density at radius 1 is 1.00 bits per heavy atom. The van der Waals surface area contributed by atoms with E-state index in [1.54, 1.807) is 30.3 Å². The number of aliphatic hydroxyl groups is 1. The Labute approximate surface area is 192 Å². The number of aromatic carboxylic acids is 1. The maximum absolute atomic E-state index is 13.4. The number of aliphatic hydroxyl groups excluding tert-OH is 1. The summed E-state index contributed by atoms with van der Waals surface area (Å²) in [6, 6.07) is 13.9. The lowest BCUT2D eigenvalue weighted by Gasteiger charge is -2.16. The number of ether oxygens (including phenoxy) is 2. The molecule has 1 aliphatic carbocycles. The molecule has 0 saturated heterocycles. The van der Waals surface area contributed by atoms with Gasteiger partial charge in [0.1, 0.15) is 5.78 Å². The lowest BCUT2D eigenvalue weighted by molar-refractivity contribution is -0.286. The minimum absolute atomic E-state index is 0.0120. The quantitative estimate of drug-likeness (QED) is 0.539. The van der Waals surface area contributed by atoms with Crippen molar-refractivity contribution in [2.45, 2.75) is 37.6 Å². The first-order valence-electron chi connectivity index (χ1n) is 10.6. The van der Waals surface area contributed by atoms with Gasteiger partial charge < -0.3 is 19.7 Å². The van der Waals surface area contributed by atoms with Crippen LogP contribution in [0, 0.1) is 0 Å². The lowest BCUT2D eigenvalue weighted by Crippen LogP contribution is -2.26. The number of carbonyl (C=O) groups excluding carboxylic acids is 1. The van der Waals surface area contributed by atoms with E-state index >= 15 is 0 Å². The van der Waals surface area contributed by atoms with E-state index in [-0.39, 0.29) is 35.9 Å². The summed E-state index contributed by atoms with van der Waals surface area (Å²) in [6.45, 7) is -0.306. The number of hydrogen-bond acceptors (Lipinski definition) is 6. The highest BCUT2D eigenvalue weighted by Gasteiger charge is 2.52. The minimum atomic E-state index is -3.73. The molecule has 0 unspecified atom stereocenters. The van der Waals surface area contributed by atoms with Crippen LogP contribution in [0.2, 0.25) is 0 Å². The maximum Gasteiger partial charge on any atom is 0.586 e. The molecule has 0 atom stereocenters. The monoisotopic (exact) mass is 467 g/mol. The number of benzene rings is 2. The van der Waals surface area contributed by atoms with Gasteiger partial charge in [0.05, 0.1) is 23.3 Å². The van der Waals surface area contributed by atoms with E-state index in [0.29, 0.717) is 40.9 Å². The zero-order valence-corrected chi connectivity index (χ0v) is 17.8. The molecule has 5 rings (SSSR count). The van der Waals surface area contributed by atoms with Gasteiger partial charge in [0.25, 0.3) is 0 Å². The molecule has 3 aromatic rings. The standard InChI is InChI=1S/C25H19F2NO6/c26-25(27)33-19-7-5-17(11-20(19)34-25)24(8-9-24)21(30)12-18-6-4-16(13-29)22(28-18)14-2-1-3-15(10-14)23(31)32/h1-7,10-11,29H,8-9,12-13H2,(H,31,32). The van der Waals surface area contributed by atoms with Crippen LogP contribution in [0.1, 0.15) is 40.0 Å². The van der Waals surface area contributed by atoms with Crippen LogP contribution in [0.25, 0.3) is 11.3 Å². The van der Waals surface area contributed by atoms with Gasteiger partial charge in [-0.1, -0.05) is 24.3 Å². The first-order valence-corrected chi connectivity index (χ1v) is 10.6. The van der Waals surface area contributed by atoms with Gasteiger partial charge >= 0.3 is 12.3 Å². The predicted molar refractivity (Wildman–Crippen MR) is 115 cm³/mol. The van der Waals surface area contributed by atoms with Crippen molar-refractivity contribution >= 4 is 11.8 Å². The van der Waals surface area contributed by atoms with Crippen molar-refractivity contribution in [2.75, 3.05) is 0 Å². The van der Waals surface area contributed by atoms with Crippen LogP contribution in [-0.2, 0) is 23.2 Å². The molecule has 174 valence electrons. The first kappa shape index (κ1) is 22.0. The van der Waals surface area contributed by atoms with Crippen LogP contribution in [0.3, 0.4) is 0 Å². The van der Waals surface area contributed by atoms with Crippen LogP contribution in [0.15, 0.2) is 54.6 Å². The predicted octanol–water partition coefficient (Wildman–Crippen LogP) is 4.10. The third-order valence-corrected chi connectivity index (χ3v) is 6.17. The van der Waals surface area contributed by atoms with Crippen molar-refractivity contribution in [2.24, 2.45) is 0 Å². The number of ketones is 1. The number of hydrogen-bond donors (Lipinski definition) is 2. The number of carboxylic acids is 1. The number of nitrogens with zero attached hydrogens (tertiary/aromatic N) is 1. The fraction of sp³-hybridized carbons (Fsp3) is 0.240. The molecule has 1 aliphatic heterocycles. The number of alkyl halides is 2. The van der Waals surface area contributed by atoms with Crippen molar-refractivity contribution in [3.8, 4) is 22.8 Å². The number of aromatic nitrogens is 1. The van der Waals surface area contributed by atoms with Gasteiger partial charge in [-0.05, 0) is 48.7 Å². The van der Waals surface area contributed by atoms with Gasteiger partial charge in [0.15, 0.2) is 11.5 Å². The largest absolute Gasteiger partial charge is 0.586 e. The molecule has 7 nitrogen and oxygen atoms in total. The Hall–Kier alpha value is -3.85. The van der Waals surface area contributed by atoms with E-state index < -0.39 is 17.7 Å². The highest BCUT2D eigenvalue weighted by atomic mass is 19.3. The Morgan fingerprint density at radius 3 is 2.47 bits per heavy atom. The molecule has 1 aromatic heterocycles. The zero-order chi connectivity index (χ0) is 24.1. The van der Waals surface area contributed by atoms with E-state index in [4.69, 9.17) is 0 Å². The van der Waals surface area contributed by atoms with Crippen molar-refractivity contribution < 1.29 is 38.1 Å². The fourth-order valence-corrected chi connectivity index (χ4v) is 4.24. The molecule has 9 heteroatoms. The molecule has 34 heavy (non-hydrogen) atoms. The summed E-state index contributed by atoms with van der Waals surface area (Å²) in [6.07, 6.45) is -2.59. The molecule has 0 bridgehead atoms. The number of pyridine rings is 1. The summed E-state index contributed by atoms with van der Waals surface area (Å²) in [7, 11) is 0. The van der Waals surface area contributed by atoms with E-state index in [1.165, 1.54) is 24.3 Å². The molecule has 2 aliphatic rings. The van der Waals surface area contributed by atoms with Crippen molar-refractivity contribution in [3.05, 3.63) is 77.0 Å². The smallest absolute Gasteiger partial charge is 0.478 e. The summed E-state index contributed by atoms with van der Waals surface area (Å²) in [5, 5.41) is 19.0. The van der Waals surface area contributed by atoms with Crippen LogP contribution in [-0.4, -0.2) is 33.2 Å². The first-order chi connectivity index (χ1) is 16.2. The highest BCUT2D eigenvalue weighted by Crippen LogP contribution is 2.52. The van der Waals surface area contributed by atoms with Gasteiger partial charge in [-0.2, -0.15) is 0 Å². The van der Waals surface area contributed by atoms with Gasteiger partial charge in [0, 0.05) is 23.2 Å². The second-order valence-electron chi connectivity index (χ2n) is 8.37. The number of halogens is 2. The Bertz CT molecular complexity index is 1320. The van der Waals surface area contributed by atoms with Crippen molar-refractivity contribution in [3.63, 3.8) is 0 Å². The molecule has 2 N–H and O–H groups in total. The molecule has 2 aromatic carbocycles. The SMILES string of the molecule is O=C(O)c1cccc(-c2nc(CC(=O)C3(c4ccc5c(c4)OC(F)(F)O5)CC3)ccc2CO)c1. The van der Waals surface area contributed by atoms with Gasteiger partial charge in [0.2, 0.25) is 0 Å². The number of Topliss-reactive ketones (excluding diaryl/α,β-unsaturated/α-hetero) is 1. The second kappa shape index (κ2) is 7.88. The van der Waals surface area contributed by atoms with Gasteiger partial charge in [-0.25, -0.2) is 4.79 Å². The van der Waals surface area contributed by atoms with E-state index in [1.807, 2.05) is 0 Å². The van der Waals surface area contributed by atoms with Crippen LogP contribution in [0.4, 0.5) is 8.78 Å². The van der Waals surface area contributed by atoms with Crippen LogP contribution in [0.5, 0.6) is 11.5 Å². The van der Waals surface area contributed by atoms with Crippen LogP contribution < -0.4 is 9.47 Å². The van der Waals surface area contributed by atoms with E-state index in [0.717, 1.165) is 0 Å². The third kappa shape index (κ3) is 3.88. The lowest BCUT2D eigenvalue weighted by atomic mass is 9.88. The maximum atomic E-state index is 13.4. The molecule has 0 amide bonds. The normalized spacial score (nSPS) is 16.8. The molecular formula is C25H19F2NO6. The Morgan fingerprint density at radius 2 is 1.76 bits per heavy atom. The van der Waals surface area contributed by atoms with Gasteiger partial charge in [-0.3, -0.25) is 9.78 Å². The number of rotatable bonds is 7. The van der Waals surface area contributed by atoms with Crippen LogP contribution >= 0.6 is 0 Å². The molecular weight excluding hydrogens is 448 g/mol. The third-order valence-electron chi connectivity index (χ3n) is 6.17. The summed E-state index contributed by atoms with van der Waals surface area (Å²) >= 11 is 0. The van der Waals surface area contributed by atoms with Crippen molar-refractivity contribution in [1.29, 1.82) is 0 Å². The highest BCUT2D eigenvalue weighted by molar-refractivity contribution is 5.94. The molecule has 2 heterocycles. The zero-order valence-electron chi connectivity index (χ0n) is 17.8. The van der Waals surface area contributed by atoms with Crippen molar-refractivity contribution in [1.82, 2.24) is 4.98 Å². The summed E-state index contributed by atoms with van der Waals surface area (Å²) in [5.41, 5.74) is 1.71. The summed E-state index contributed by atoms with van der Waals surface area (Å²) < 4.78 is 35.7. The summed E-state index contributed by atoms with van der Waals surface area (Å²) in [5.74, 6) is -1.39. The molecule has 0 spiro atoms. The Kier molecular flexibility index (Phi) is 5.09. The molecule has 0 radical (unpaired) electrons. The second-order valence-corrected chi connectivity index (χ2v) is 8.37. The number of fused-ring (bicyclic) bond motifs is 1. The number of carbonyl (C=O) groups is 2. The summed E-state index contributed by atoms with van der Waals surface area (Å²) in [4.78, 5) is 29.2. The molecule has 1 fully saturated rings. The van der Waals surface area contributed by atoms with E-state index in [9.17, 15) is 28.6 Å². The van der Waals surface area contributed by atoms with Gasteiger partial charge in [-0.15, -0.1) is 8.78 Å². The van der Waals surface area contributed by atoms with E-state index in [2.05, 4.69) is 14.5 Å². The number of carboxylic acid groups (broad SMARTS) is 1. The molecule has 1 saturated carbocycles. The topological polar surface area (TPSA) is 106 Å². The average molecular weight is 467 g/mol. The fourth-order valence-electron chi connectivity index (χ4n) is 4.24. The average Bonchev–Trinajstić information content (AvgIpc) is 3.56.